The molecule has 1 N–H and O–H groups in total. The summed E-state index contributed by atoms with van der Waals surface area (Å²) >= 11 is 5.93. The van der Waals surface area contributed by atoms with E-state index in [1.807, 2.05) is 19.1 Å². The van der Waals surface area contributed by atoms with E-state index in [0.29, 0.717) is 10.6 Å². The molecule has 2 aromatic carbocycles. The lowest BCUT2D eigenvalue weighted by Crippen LogP contribution is -2.26. The third-order valence-corrected chi connectivity index (χ3v) is 4.60. The van der Waals surface area contributed by atoms with Crippen LogP contribution in [0.1, 0.15) is 28.9 Å². The van der Waals surface area contributed by atoms with Crippen LogP contribution in [0.3, 0.4) is 0 Å². The van der Waals surface area contributed by atoms with Gasteiger partial charge < -0.3 is 5.32 Å². The number of nitrogens with one attached hydrogen (secondary N) is 1. The van der Waals surface area contributed by atoms with Crippen molar-refractivity contribution in [1.82, 2.24) is 5.32 Å². The number of rotatable bonds is 4. The Kier molecular flexibility index (Phi) is 4.88. The first-order valence-corrected chi connectivity index (χ1v) is 8.91. The Labute approximate surface area is 135 Å². The molecule has 0 saturated carbocycles. The van der Waals surface area contributed by atoms with Gasteiger partial charge in [0.25, 0.3) is 5.91 Å². The van der Waals surface area contributed by atoms with Gasteiger partial charge in [0.1, 0.15) is 0 Å². The van der Waals surface area contributed by atoms with Crippen LogP contribution in [0, 0.1) is 0 Å². The summed E-state index contributed by atoms with van der Waals surface area (Å²) in [4.78, 5) is 12.4. The monoisotopic (exact) mass is 337 g/mol. The molecule has 2 aromatic rings. The molecule has 2 rings (SSSR count). The maximum Gasteiger partial charge on any atom is 0.251 e. The smallest absolute Gasteiger partial charge is 0.251 e. The van der Waals surface area contributed by atoms with Crippen LogP contribution in [0.2, 0.25) is 5.02 Å². The zero-order valence-corrected chi connectivity index (χ0v) is 13.8. The van der Waals surface area contributed by atoms with E-state index >= 15 is 0 Å². The summed E-state index contributed by atoms with van der Waals surface area (Å²) in [6, 6.07) is 12.9. The molecule has 1 amide bonds. The minimum Gasteiger partial charge on any atom is -0.346 e. The Balaban J connectivity index is 2.12. The second-order valence-corrected chi connectivity index (χ2v) is 7.50. The highest BCUT2D eigenvalue weighted by Gasteiger charge is 2.13. The third kappa shape index (κ3) is 4.08. The molecule has 0 bridgehead atoms. The van der Waals surface area contributed by atoms with Crippen LogP contribution in [0.5, 0.6) is 0 Å². The fourth-order valence-corrected chi connectivity index (χ4v) is 2.82. The van der Waals surface area contributed by atoms with Crippen LogP contribution >= 0.6 is 11.6 Å². The van der Waals surface area contributed by atoms with Gasteiger partial charge in [-0.25, -0.2) is 8.42 Å². The Morgan fingerprint density at radius 2 is 1.77 bits per heavy atom. The lowest BCUT2D eigenvalue weighted by Gasteiger charge is -2.14. The molecule has 1 atom stereocenters. The van der Waals surface area contributed by atoms with Gasteiger partial charge in [-0.15, -0.1) is 0 Å². The minimum absolute atomic E-state index is 0.187. The highest BCUT2D eigenvalue weighted by atomic mass is 35.5. The molecule has 4 nitrogen and oxygen atoms in total. The molecule has 22 heavy (non-hydrogen) atoms. The van der Waals surface area contributed by atoms with Crippen LogP contribution in [0.25, 0.3) is 0 Å². The van der Waals surface area contributed by atoms with Gasteiger partial charge in [-0.1, -0.05) is 23.7 Å². The van der Waals surface area contributed by atoms with E-state index in [2.05, 4.69) is 5.32 Å². The topological polar surface area (TPSA) is 63.2 Å². The second kappa shape index (κ2) is 6.50. The Morgan fingerprint density at radius 3 is 2.32 bits per heavy atom. The molecule has 0 spiro atoms. The maximum absolute atomic E-state index is 12.2. The van der Waals surface area contributed by atoms with E-state index in [1.54, 1.807) is 12.1 Å². The molecule has 0 aliphatic carbocycles. The number of benzene rings is 2. The number of hydrogen-bond acceptors (Lipinski definition) is 3. The number of carbonyl (C=O) groups is 1. The van der Waals surface area contributed by atoms with Crippen molar-refractivity contribution < 1.29 is 13.2 Å². The van der Waals surface area contributed by atoms with Crippen molar-refractivity contribution in [3.8, 4) is 0 Å². The highest BCUT2D eigenvalue weighted by Crippen LogP contribution is 2.18. The van der Waals surface area contributed by atoms with E-state index in [9.17, 15) is 13.2 Å². The van der Waals surface area contributed by atoms with Crippen LogP contribution in [-0.2, 0) is 9.84 Å². The first kappa shape index (κ1) is 16.5. The van der Waals surface area contributed by atoms with E-state index < -0.39 is 9.84 Å². The van der Waals surface area contributed by atoms with Crippen LogP contribution in [0.15, 0.2) is 53.4 Å². The van der Waals surface area contributed by atoms with Crippen molar-refractivity contribution in [1.29, 1.82) is 0 Å². The molecule has 0 fully saturated rings. The number of halogens is 1. The molecule has 0 saturated heterocycles. The van der Waals surface area contributed by atoms with Gasteiger partial charge in [0.15, 0.2) is 9.84 Å². The fraction of sp³-hybridized carbons (Fsp3) is 0.188. The largest absolute Gasteiger partial charge is 0.346 e. The summed E-state index contributed by atoms with van der Waals surface area (Å²) in [5.74, 6) is -0.271. The molecular weight excluding hydrogens is 322 g/mol. The van der Waals surface area contributed by atoms with Gasteiger partial charge in [-0.05, 0) is 48.9 Å². The summed E-state index contributed by atoms with van der Waals surface area (Å²) in [5.41, 5.74) is 1.30. The Hall–Kier alpha value is -1.85. The Morgan fingerprint density at radius 1 is 1.14 bits per heavy atom. The molecule has 0 aliphatic heterocycles. The van der Waals surface area contributed by atoms with Gasteiger partial charge in [0, 0.05) is 16.8 Å². The first-order valence-electron chi connectivity index (χ1n) is 6.64. The van der Waals surface area contributed by atoms with Gasteiger partial charge in [0.05, 0.1) is 10.9 Å². The summed E-state index contributed by atoms with van der Waals surface area (Å²) in [6.45, 7) is 1.86. The van der Waals surface area contributed by atoms with Gasteiger partial charge in [-0.3, -0.25) is 4.79 Å². The van der Waals surface area contributed by atoms with E-state index in [-0.39, 0.29) is 16.8 Å². The summed E-state index contributed by atoms with van der Waals surface area (Å²) in [6.07, 6.45) is 1.13. The summed E-state index contributed by atoms with van der Waals surface area (Å²) < 4.78 is 22.8. The Bertz CT molecular complexity index is 785. The van der Waals surface area contributed by atoms with Crippen LogP contribution < -0.4 is 5.32 Å². The zero-order chi connectivity index (χ0) is 16.3. The first-order chi connectivity index (χ1) is 10.3. The molecule has 0 aliphatic rings. The van der Waals surface area contributed by atoms with Crippen molar-refractivity contribution in [2.75, 3.05) is 6.26 Å². The number of amides is 1. The summed E-state index contributed by atoms with van der Waals surface area (Å²) in [5, 5.41) is 3.46. The van der Waals surface area contributed by atoms with Crippen molar-refractivity contribution in [3.05, 3.63) is 64.7 Å². The average Bonchev–Trinajstić information content (AvgIpc) is 2.46. The van der Waals surface area contributed by atoms with Gasteiger partial charge >= 0.3 is 0 Å². The van der Waals surface area contributed by atoms with E-state index in [4.69, 9.17) is 11.6 Å². The number of sulfone groups is 1. The predicted molar refractivity (Wildman–Crippen MR) is 86.9 cm³/mol. The van der Waals surface area contributed by atoms with Crippen molar-refractivity contribution >= 4 is 27.3 Å². The molecule has 0 radical (unpaired) electrons. The zero-order valence-electron chi connectivity index (χ0n) is 12.2. The van der Waals surface area contributed by atoms with Gasteiger partial charge in [0.2, 0.25) is 0 Å². The molecule has 0 aromatic heterocycles. The number of carbonyl (C=O) groups excluding carboxylic acids is 1. The quantitative estimate of drug-likeness (QED) is 0.931. The molecule has 0 heterocycles. The molecular formula is C16H16ClNO3S. The van der Waals surface area contributed by atoms with Crippen molar-refractivity contribution in [2.45, 2.75) is 17.9 Å². The molecule has 0 unspecified atom stereocenters. The molecule has 6 heteroatoms. The lowest BCUT2D eigenvalue weighted by atomic mass is 10.1. The van der Waals surface area contributed by atoms with E-state index in [1.165, 1.54) is 24.3 Å². The fourth-order valence-electron chi connectivity index (χ4n) is 1.99. The predicted octanol–water partition coefficient (Wildman–Crippen LogP) is 3.23. The SMILES string of the molecule is C[C@H](NC(=O)c1ccc(S(C)(=O)=O)cc1)c1cccc(Cl)c1. The minimum atomic E-state index is -3.26. The van der Waals surface area contributed by atoms with Crippen LogP contribution in [0.4, 0.5) is 0 Å². The van der Waals surface area contributed by atoms with Crippen LogP contribution in [-0.4, -0.2) is 20.6 Å². The van der Waals surface area contributed by atoms with E-state index in [0.717, 1.165) is 11.8 Å². The standard InChI is InChI=1S/C16H16ClNO3S/c1-11(13-4-3-5-14(17)10-13)18-16(19)12-6-8-15(9-7-12)22(2,20)21/h3-11H,1-2H3,(H,18,19)/t11-/m0/s1. The maximum atomic E-state index is 12.2. The molecule has 116 valence electrons. The van der Waals surface area contributed by atoms with Crippen molar-refractivity contribution in [3.63, 3.8) is 0 Å². The average molecular weight is 338 g/mol. The van der Waals surface area contributed by atoms with Crippen molar-refractivity contribution in [2.24, 2.45) is 0 Å². The summed E-state index contributed by atoms with van der Waals surface area (Å²) in [7, 11) is -3.26. The lowest BCUT2D eigenvalue weighted by molar-refractivity contribution is 0.0940. The normalized spacial score (nSPS) is 12.7. The number of hydrogen-bond donors (Lipinski definition) is 1. The van der Waals surface area contributed by atoms with Gasteiger partial charge in [-0.2, -0.15) is 0 Å². The second-order valence-electron chi connectivity index (χ2n) is 5.05. The highest BCUT2D eigenvalue weighted by molar-refractivity contribution is 7.90. The third-order valence-electron chi connectivity index (χ3n) is 3.24.